The summed E-state index contributed by atoms with van der Waals surface area (Å²) in [7, 11) is 0. The van der Waals surface area contributed by atoms with E-state index in [0.29, 0.717) is 12.0 Å². The Morgan fingerprint density at radius 2 is 1.75 bits per heavy atom. The number of pyridine rings is 1. The van der Waals surface area contributed by atoms with Crippen LogP contribution in [0.3, 0.4) is 0 Å². The Balaban J connectivity index is 0.000000502. The third kappa shape index (κ3) is 8.60. The van der Waals surface area contributed by atoms with Gasteiger partial charge >= 0.3 is 6.18 Å². The second kappa shape index (κ2) is 13.4. The van der Waals surface area contributed by atoms with E-state index in [1.165, 1.54) is 25.7 Å². The summed E-state index contributed by atoms with van der Waals surface area (Å²) in [5.41, 5.74) is 5.76. The lowest BCUT2D eigenvalue weighted by molar-refractivity contribution is -0.130. The lowest BCUT2D eigenvalue weighted by Crippen LogP contribution is -2.26. The second-order valence-electron chi connectivity index (χ2n) is 9.07. The van der Waals surface area contributed by atoms with Crippen LogP contribution < -0.4 is 5.32 Å². The molecule has 1 aliphatic carbocycles. The Kier molecular flexibility index (Phi) is 10.9. The smallest absolute Gasteiger partial charge is 0.350 e. The van der Waals surface area contributed by atoms with Crippen molar-refractivity contribution in [2.45, 2.75) is 92.8 Å². The minimum atomic E-state index is -3.96. The molecule has 3 aromatic heterocycles. The Bertz CT molecular complexity index is 1120. The van der Waals surface area contributed by atoms with Crippen LogP contribution in [0.4, 0.5) is 24.8 Å². The first-order valence-corrected chi connectivity index (χ1v) is 12.7. The van der Waals surface area contributed by atoms with Crippen LogP contribution in [0.1, 0.15) is 79.3 Å². The molecule has 1 aliphatic rings. The summed E-state index contributed by atoms with van der Waals surface area (Å²) in [4.78, 5) is 13.8. The molecule has 0 spiro atoms. The summed E-state index contributed by atoms with van der Waals surface area (Å²) in [5.74, 6) is 1.53. The number of aryl methyl sites for hydroxylation is 1. The number of aliphatic imine (C=N–C) groups is 1. The standard InChI is InChI=1S/C22H28N6.C3H5F3.C2H6/c1-14(2)24-19-9-10-20(25-16(19)4)18-11-12-28-21(18)13-23-22(27-28)26-17-7-5-15(3)6-8-17;1-2-3(4,5)6;1-2/h9-13,15,17H,5-8H2,1-4H3,(H,26,27);2H2,1H3;1-2H3. The maximum Gasteiger partial charge on any atom is 0.388 e. The SMILES string of the molecule is CC.CC(C)=Nc1ccc(-c2ccn3nc(NC4CCC(C)CC4)ncc23)nc1C.CCC(F)(F)F. The molecule has 1 saturated carbocycles. The number of halogens is 3. The van der Waals surface area contributed by atoms with Gasteiger partial charge in [0.25, 0.3) is 0 Å². The average Bonchev–Trinajstić information content (AvgIpc) is 3.26. The molecule has 9 heteroatoms. The minimum absolute atomic E-state index is 0.475. The molecule has 1 fully saturated rings. The molecule has 3 aromatic rings. The Labute approximate surface area is 212 Å². The molecule has 6 nitrogen and oxygen atoms in total. The molecule has 0 saturated heterocycles. The predicted octanol–water partition coefficient (Wildman–Crippen LogP) is 8.19. The van der Waals surface area contributed by atoms with Crippen LogP contribution in [-0.2, 0) is 0 Å². The first-order chi connectivity index (χ1) is 17.1. The van der Waals surface area contributed by atoms with E-state index < -0.39 is 12.6 Å². The molecule has 4 rings (SSSR count). The van der Waals surface area contributed by atoms with E-state index in [9.17, 15) is 13.2 Å². The van der Waals surface area contributed by atoms with Crippen LogP contribution in [-0.4, -0.2) is 37.5 Å². The van der Waals surface area contributed by atoms with E-state index in [2.05, 4.69) is 27.3 Å². The molecule has 1 N–H and O–H groups in total. The van der Waals surface area contributed by atoms with Crippen LogP contribution in [0.5, 0.6) is 0 Å². The quantitative estimate of drug-likeness (QED) is 0.364. The zero-order valence-corrected chi connectivity index (χ0v) is 22.4. The molecule has 36 heavy (non-hydrogen) atoms. The van der Waals surface area contributed by atoms with Crippen LogP contribution >= 0.6 is 0 Å². The molecular weight excluding hydrogens is 465 g/mol. The summed E-state index contributed by atoms with van der Waals surface area (Å²) in [6, 6.07) is 6.56. The van der Waals surface area contributed by atoms with Crippen molar-refractivity contribution in [2.75, 3.05) is 5.32 Å². The molecule has 0 bridgehead atoms. The summed E-state index contributed by atoms with van der Waals surface area (Å²) in [6.07, 6.45) is 4.10. The highest BCUT2D eigenvalue weighted by Crippen LogP contribution is 2.28. The van der Waals surface area contributed by atoms with Crippen molar-refractivity contribution in [3.63, 3.8) is 0 Å². The van der Waals surface area contributed by atoms with Gasteiger partial charge in [0.05, 0.1) is 28.8 Å². The van der Waals surface area contributed by atoms with Crippen molar-refractivity contribution in [3.05, 3.63) is 36.3 Å². The molecule has 198 valence electrons. The van der Waals surface area contributed by atoms with Gasteiger partial charge < -0.3 is 5.32 Å². The van der Waals surface area contributed by atoms with E-state index in [4.69, 9.17) is 4.98 Å². The molecule has 0 aromatic carbocycles. The van der Waals surface area contributed by atoms with E-state index in [-0.39, 0.29) is 0 Å². The molecule has 0 unspecified atom stereocenters. The maximum absolute atomic E-state index is 10.8. The minimum Gasteiger partial charge on any atom is -0.350 e. The summed E-state index contributed by atoms with van der Waals surface area (Å²) in [5, 5.41) is 8.16. The molecule has 0 aliphatic heterocycles. The fourth-order valence-corrected chi connectivity index (χ4v) is 3.83. The van der Waals surface area contributed by atoms with Gasteiger partial charge in [-0.2, -0.15) is 13.2 Å². The van der Waals surface area contributed by atoms with Gasteiger partial charge in [-0.15, -0.1) is 5.10 Å². The molecular formula is C27H39F3N6. The number of aromatic nitrogens is 4. The molecule has 0 amide bonds. The molecule has 0 radical (unpaired) electrons. The lowest BCUT2D eigenvalue weighted by atomic mass is 9.87. The first kappa shape index (κ1) is 29.3. The summed E-state index contributed by atoms with van der Waals surface area (Å²) in [6.45, 7) is 13.4. The monoisotopic (exact) mass is 504 g/mol. The van der Waals surface area contributed by atoms with E-state index in [1.807, 2.05) is 69.7 Å². The van der Waals surface area contributed by atoms with E-state index in [1.54, 1.807) is 0 Å². The second-order valence-corrected chi connectivity index (χ2v) is 9.07. The topological polar surface area (TPSA) is 67.5 Å². The highest BCUT2D eigenvalue weighted by molar-refractivity contribution is 5.83. The van der Waals surface area contributed by atoms with Crippen molar-refractivity contribution in [1.82, 2.24) is 19.6 Å². The van der Waals surface area contributed by atoms with Gasteiger partial charge in [0.15, 0.2) is 0 Å². The largest absolute Gasteiger partial charge is 0.388 e. The lowest BCUT2D eigenvalue weighted by Gasteiger charge is -2.26. The number of fused-ring (bicyclic) bond motifs is 1. The summed E-state index contributed by atoms with van der Waals surface area (Å²) < 4.78 is 34.2. The Morgan fingerprint density at radius 3 is 2.31 bits per heavy atom. The number of hydrogen-bond donors (Lipinski definition) is 1. The van der Waals surface area contributed by atoms with Crippen LogP contribution in [0.25, 0.3) is 16.8 Å². The van der Waals surface area contributed by atoms with Gasteiger partial charge in [-0.3, -0.25) is 9.98 Å². The van der Waals surface area contributed by atoms with Crippen molar-refractivity contribution >= 4 is 22.9 Å². The van der Waals surface area contributed by atoms with Crippen molar-refractivity contribution in [2.24, 2.45) is 10.9 Å². The highest BCUT2D eigenvalue weighted by atomic mass is 19.4. The highest BCUT2D eigenvalue weighted by Gasteiger charge is 2.22. The summed E-state index contributed by atoms with van der Waals surface area (Å²) >= 11 is 0. The Morgan fingerprint density at radius 1 is 1.11 bits per heavy atom. The van der Waals surface area contributed by atoms with Crippen molar-refractivity contribution in [3.8, 4) is 11.3 Å². The first-order valence-electron chi connectivity index (χ1n) is 12.7. The van der Waals surface area contributed by atoms with Crippen LogP contribution in [0.2, 0.25) is 0 Å². The number of anilines is 1. The normalized spacial score (nSPS) is 17.4. The van der Waals surface area contributed by atoms with Crippen LogP contribution in [0.15, 0.2) is 35.6 Å². The van der Waals surface area contributed by atoms with Crippen molar-refractivity contribution in [1.29, 1.82) is 0 Å². The van der Waals surface area contributed by atoms with E-state index in [0.717, 1.165) is 46.7 Å². The maximum atomic E-state index is 10.8. The number of nitrogens with one attached hydrogen (secondary N) is 1. The third-order valence-electron chi connectivity index (χ3n) is 5.84. The van der Waals surface area contributed by atoms with Gasteiger partial charge in [0.1, 0.15) is 0 Å². The van der Waals surface area contributed by atoms with E-state index >= 15 is 0 Å². The number of hydrogen-bond acceptors (Lipinski definition) is 5. The third-order valence-corrected chi connectivity index (χ3v) is 5.84. The zero-order chi connectivity index (χ0) is 26.9. The van der Waals surface area contributed by atoms with Gasteiger partial charge in [-0.25, -0.2) is 9.50 Å². The Hall–Kier alpha value is -2.97. The predicted molar refractivity (Wildman–Crippen MR) is 142 cm³/mol. The van der Waals surface area contributed by atoms with Gasteiger partial charge in [0.2, 0.25) is 5.95 Å². The zero-order valence-electron chi connectivity index (χ0n) is 22.4. The molecule has 3 heterocycles. The average molecular weight is 505 g/mol. The number of rotatable bonds is 4. The fraction of sp³-hybridized carbons (Fsp3) is 0.556. The van der Waals surface area contributed by atoms with Crippen molar-refractivity contribution < 1.29 is 13.2 Å². The van der Waals surface area contributed by atoms with Crippen LogP contribution in [0, 0.1) is 12.8 Å². The number of nitrogens with zero attached hydrogens (tertiary/aromatic N) is 5. The number of alkyl halides is 3. The van der Waals surface area contributed by atoms with Gasteiger partial charge in [-0.05, 0) is 70.6 Å². The molecule has 0 atom stereocenters. The fourth-order valence-electron chi connectivity index (χ4n) is 3.83. The van der Waals surface area contributed by atoms with Gasteiger partial charge in [-0.1, -0.05) is 27.7 Å². The van der Waals surface area contributed by atoms with Gasteiger partial charge in [0, 0.05) is 29.9 Å².